The summed E-state index contributed by atoms with van der Waals surface area (Å²) in [7, 11) is 0. The highest BCUT2D eigenvalue weighted by Crippen LogP contribution is 2.36. The molecule has 0 aromatic heterocycles. The van der Waals surface area contributed by atoms with E-state index in [0.717, 1.165) is 9.79 Å². The summed E-state index contributed by atoms with van der Waals surface area (Å²) in [6.07, 6.45) is 0. The summed E-state index contributed by atoms with van der Waals surface area (Å²) in [5.41, 5.74) is 7.11. The Morgan fingerprint density at radius 1 is 1.12 bits per heavy atom. The first kappa shape index (κ1) is 11.8. The number of hydrogen-bond donors (Lipinski definition) is 1. The third-order valence-electron chi connectivity index (χ3n) is 2.20. The first-order valence-corrected chi connectivity index (χ1v) is 6.12. The number of hydrogen-bond acceptors (Lipinski definition) is 3. The summed E-state index contributed by atoms with van der Waals surface area (Å²) in [6.45, 7) is 0. The number of halogens is 1. The van der Waals surface area contributed by atoms with E-state index in [0.29, 0.717) is 16.3 Å². The summed E-state index contributed by atoms with van der Waals surface area (Å²) < 4.78 is 0. The number of nitrogen functional groups attached to an aromatic ring is 1. The molecule has 0 fully saturated rings. The van der Waals surface area contributed by atoms with Crippen LogP contribution < -0.4 is 5.73 Å². The summed E-state index contributed by atoms with van der Waals surface area (Å²) in [6, 6.07) is 14.8. The number of nitrogens with two attached hydrogens (primary N) is 1. The minimum absolute atomic E-state index is 0.591. The van der Waals surface area contributed by atoms with E-state index >= 15 is 0 Å². The van der Waals surface area contributed by atoms with Crippen LogP contribution >= 0.6 is 23.4 Å². The van der Waals surface area contributed by atoms with Gasteiger partial charge in [-0.05, 0) is 30.3 Å². The Bertz CT molecular complexity index is 590. The fourth-order valence-electron chi connectivity index (χ4n) is 1.34. The summed E-state index contributed by atoms with van der Waals surface area (Å²) in [4.78, 5) is 1.77. The van der Waals surface area contributed by atoms with Crippen LogP contribution in [0.2, 0.25) is 5.02 Å². The minimum Gasteiger partial charge on any atom is -0.398 e. The molecule has 0 unspecified atom stereocenters. The monoisotopic (exact) mass is 260 g/mol. The number of nitriles is 1. The lowest BCUT2D eigenvalue weighted by Gasteiger charge is -2.07. The van der Waals surface area contributed by atoms with E-state index in [9.17, 15) is 0 Å². The second kappa shape index (κ2) is 5.13. The average Bonchev–Trinajstić information content (AvgIpc) is 2.35. The largest absolute Gasteiger partial charge is 0.398 e. The number of rotatable bonds is 2. The number of anilines is 1. The second-order valence-electron chi connectivity index (χ2n) is 3.40. The predicted molar refractivity (Wildman–Crippen MR) is 71.1 cm³/mol. The molecule has 0 radical (unpaired) electrons. The van der Waals surface area contributed by atoms with Crippen LogP contribution in [0.15, 0.2) is 52.3 Å². The molecule has 0 saturated heterocycles. The maximum atomic E-state index is 8.85. The SMILES string of the molecule is N#Cc1ccc(N)c(Sc2ccccc2Cl)c1. The molecule has 0 aliphatic carbocycles. The molecule has 2 aromatic carbocycles. The molecule has 0 aliphatic heterocycles. The molecule has 0 atom stereocenters. The zero-order valence-electron chi connectivity index (χ0n) is 8.85. The van der Waals surface area contributed by atoms with E-state index in [1.54, 1.807) is 18.2 Å². The Balaban J connectivity index is 2.37. The van der Waals surface area contributed by atoms with E-state index in [-0.39, 0.29) is 0 Å². The zero-order chi connectivity index (χ0) is 12.3. The predicted octanol–water partition coefficient (Wildman–Crippen LogP) is 3.95. The molecule has 2 aromatic rings. The van der Waals surface area contributed by atoms with Gasteiger partial charge in [-0.25, -0.2) is 0 Å². The molecule has 2 nitrogen and oxygen atoms in total. The van der Waals surface area contributed by atoms with Gasteiger partial charge in [0.1, 0.15) is 0 Å². The van der Waals surface area contributed by atoms with Crippen molar-refractivity contribution in [3.8, 4) is 6.07 Å². The molecule has 0 heterocycles. The van der Waals surface area contributed by atoms with E-state index in [1.807, 2.05) is 24.3 Å². The van der Waals surface area contributed by atoms with Crippen molar-refractivity contribution in [2.75, 3.05) is 5.73 Å². The van der Waals surface area contributed by atoms with Gasteiger partial charge in [0.25, 0.3) is 0 Å². The van der Waals surface area contributed by atoms with Crippen molar-refractivity contribution < 1.29 is 0 Å². The summed E-state index contributed by atoms with van der Waals surface area (Å²) in [5.74, 6) is 0. The molecule has 0 aliphatic rings. The van der Waals surface area contributed by atoms with Gasteiger partial charge in [0.05, 0.1) is 16.7 Å². The highest BCUT2D eigenvalue weighted by atomic mass is 35.5. The standard InChI is InChI=1S/C13H9ClN2S/c14-10-3-1-2-4-12(10)17-13-7-9(8-15)5-6-11(13)16/h1-7H,16H2. The molecule has 2 N–H and O–H groups in total. The van der Waals surface area contributed by atoms with Crippen molar-refractivity contribution >= 4 is 29.1 Å². The molecule has 0 saturated carbocycles. The van der Waals surface area contributed by atoms with Crippen molar-refractivity contribution in [3.63, 3.8) is 0 Å². The summed E-state index contributed by atoms with van der Waals surface area (Å²) >= 11 is 7.54. The number of benzene rings is 2. The molecule has 0 amide bonds. The van der Waals surface area contributed by atoms with Gasteiger partial charge in [0.2, 0.25) is 0 Å². The van der Waals surface area contributed by atoms with Crippen LogP contribution in [0.1, 0.15) is 5.56 Å². The zero-order valence-corrected chi connectivity index (χ0v) is 10.4. The fraction of sp³-hybridized carbons (Fsp3) is 0. The number of nitrogens with zero attached hydrogens (tertiary/aromatic N) is 1. The average molecular weight is 261 g/mol. The second-order valence-corrected chi connectivity index (χ2v) is 4.89. The van der Waals surface area contributed by atoms with Crippen LogP contribution in [0, 0.1) is 11.3 Å². The smallest absolute Gasteiger partial charge is 0.0992 e. The molecule has 4 heteroatoms. The van der Waals surface area contributed by atoms with E-state index in [1.165, 1.54) is 11.8 Å². The highest BCUT2D eigenvalue weighted by molar-refractivity contribution is 7.99. The van der Waals surface area contributed by atoms with Gasteiger partial charge in [-0.2, -0.15) is 5.26 Å². The Kier molecular flexibility index (Phi) is 3.58. The van der Waals surface area contributed by atoms with Crippen molar-refractivity contribution in [1.82, 2.24) is 0 Å². The third kappa shape index (κ3) is 2.73. The Morgan fingerprint density at radius 3 is 2.59 bits per heavy atom. The minimum atomic E-state index is 0.591. The lowest BCUT2D eigenvalue weighted by atomic mass is 10.2. The maximum absolute atomic E-state index is 8.85. The first-order chi connectivity index (χ1) is 8.20. The Morgan fingerprint density at radius 2 is 1.88 bits per heavy atom. The highest BCUT2D eigenvalue weighted by Gasteiger charge is 2.06. The molecular formula is C13H9ClN2S. The Labute approximate surface area is 109 Å². The lowest BCUT2D eigenvalue weighted by molar-refractivity contribution is 1.38. The van der Waals surface area contributed by atoms with Gasteiger partial charge in [-0.15, -0.1) is 0 Å². The Hall–Kier alpha value is -1.63. The van der Waals surface area contributed by atoms with Gasteiger partial charge in [0.15, 0.2) is 0 Å². The van der Waals surface area contributed by atoms with Gasteiger partial charge in [-0.3, -0.25) is 0 Å². The van der Waals surface area contributed by atoms with Crippen molar-refractivity contribution in [2.24, 2.45) is 0 Å². The van der Waals surface area contributed by atoms with E-state index in [4.69, 9.17) is 22.6 Å². The molecule has 0 spiro atoms. The van der Waals surface area contributed by atoms with Crippen LogP contribution in [0.4, 0.5) is 5.69 Å². The molecule has 17 heavy (non-hydrogen) atoms. The van der Waals surface area contributed by atoms with Gasteiger partial charge in [-0.1, -0.05) is 35.5 Å². The first-order valence-electron chi connectivity index (χ1n) is 4.92. The molecule has 84 valence electrons. The van der Waals surface area contributed by atoms with Crippen LogP contribution in [-0.2, 0) is 0 Å². The van der Waals surface area contributed by atoms with Gasteiger partial charge < -0.3 is 5.73 Å². The van der Waals surface area contributed by atoms with Crippen LogP contribution in [0.3, 0.4) is 0 Å². The normalized spacial score (nSPS) is 9.88. The molecular weight excluding hydrogens is 252 g/mol. The fourth-order valence-corrected chi connectivity index (χ4v) is 2.51. The maximum Gasteiger partial charge on any atom is 0.0992 e. The topological polar surface area (TPSA) is 49.8 Å². The third-order valence-corrected chi connectivity index (χ3v) is 3.79. The lowest BCUT2D eigenvalue weighted by Crippen LogP contribution is -1.89. The van der Waals surface area contributed by atoms with Crippen LogP contribution in [0.5, 0.6) is 0 Å². The van der Waals surface area contributed by atoms with Crippen molar-refractivity contribution in [2.45, 2.75) is 9.79 Å². The van der Waals surface area contributed by atoms with E-state index in [2.05, 4.69) is 6.07 Å². The van der Waals surface area contributed by atoms with Gasteiger partial charge in [0, 0.05) is 15.5 Å². The summed E-state index contributed by atoms with van der Waals surface area (Å²) in [5, 5.41) is 9.53. The molecule has 0 bridgehead atoms. The van der Waals surface area contributed by atoms with Crippen LogP contribution in [-0.4, -0.2) is 0 Å². The van der Waals surface area contributed by atoms with Gasteiger partial charge >= 0.3 is 0 Å². The van der Waals surface area contributed by atoms with E-state index < -0.39 is 0 Å². The van der Waals surface area contributed by atoms with Crippen molar-refractivity contribution in [1.29, 1.82) is 5.26 Å². The van der Waals surface area contributed by atoms with Crippen molar-refractivity contribution in [3.05, 3.63) is 53.1 Å². The molecule has 2 rings (SSSR count). The quantitative estimate of drug-likeness (QED) is 0.832. The van der Waals surface area contributed by atoms with Crippen LogP contribution in [0.25, 0.3) is 0 Å².